The number of nitrogens with zero attached hydrogens (tertiary/aromatic N) is 2. The maximum absolute atomic E-state index is 6.05. The van der Waals surface area contributed by atoms with E-state index in [4.69, 9.17) is 5.73 Å². The summed E-state index contributed by atoms with van der Waals surface area (Å²) < 4.78 is 2.16. The van der Waals surface area contributed by atoms with Gasteiger partial charge in [-0.15, -0.1) is 0 Å². The Balaban J connectivity index is 2.68. The predicted octanol–water partition coefficient (Wildman–Crippen LogP) is 3.22. The minimum atomic E-state index is 0.260. The minimum absolute atomic E-state index is 0.260. The molecule has 0 radical (unpaired) electrons. The number of hydrogen-bond acceptors (Lipinski definition) is 2. The summed E-state index contributed by atoms with van der Waals surface area (Å²) in [6, 6.07) is 0.260. The molecule has 0 aliphatic carbocycles. The van der Waals surface area contributed by atoms with Crippen LogP contribution in [-0.2, 0) is 13.0 Å². The van der Waals surface area contributed by atoms with E-state index in [2.05, 4.69) is 44.4 Å². The van der Waals surface area contributed by atoms with Crippen molar-refractivity contribution in [2.24, 2.45) is 11.7 Å². The number of aromatic nitrogens is 2. The second kappa shape index (κ2) is 6.93. The number of aryl methyl sites for hydroxylation is 2. The molecule has 0 saturated carbocycles. The van der Waals surface area contributed by atoms with Crippen LogP contribution in [0.25, 0.3) is 0 Å². The molecule has 0 aromatic carbocycles. The molecule has 1 heterocycles. The fourth-order valence-electron chi connectivity index (χ4n) is 2.30. The van der Waals surface area contributed by atoms with Gasteiger partial charge in [0.15, 0.2) is 0 Å². The van der Waals surface area contributed by atoms with Gasteiger partial charge in [0.1, 0.15) is 0 Å². The molecule has 1 rings (SSSR count). The molecule has 104 valence electrons. The lowest BCUT2D eigenvalue weighted by Crippen LogP contribution is -2.22. The molecule has 0 bridgehead atoms. The van der Waals surface area contributed by atoms with Crippen molar-refractivity contribution < 1.29 is 0 Å². The Kier molecular flexibility index (Phi) is 5.86. The lowest BCUT2D eigenvalue weighted by molar-refractivity contribution is 0.482. The molecule has 3 nitrogen and oxygen atoms in total. The van der Waals surface area contributed by atoms with E-state index in [1.807, 2.05) is 0 Å². The molecule has 0 amide bonds. The first kappa shape index (κ1) is 15.2. The van der Waals surface area contributed by atoms with Gasteiger partial charge >= 0.3 is 0 Å². The van der Waals surface area contributed by atoms with Crippen LogP contribution < -0.4 is 5.73 Å². The highest BCUT2D eigenvalue weighted by molar-refractivity contribution is 5.25. The molecular formula is C15H29N3. The Morgan fingerprint density at radius 3 is 2.50 bits per heavy atom. The van der Waals surface area contributed by atoms with E-state index in [-0.39, 0.29) is 6.04 Å². The van der Waals surface area contributed by atoms with Gasteiger partial charge < -0.3 is 5.73 Å². The summed E-state index contributed by atoms with van der Waals surface area (Å²) in [7, 11) is 0. The third-order valence-electron chi connectivity index (χ3n) is 3.67. The largest absolute Gasteiger partial charge is 0.327 e. The molecular weight excluding hydrogens is 222 g/mol. The van der Waals surface area contributed by atoms with E-state index in [1.54, 1.807) is 0 Å². The molecule has 2 N–H and O–H groups in total. The van der Waals surface area contributed by atoms with Crippen LogP contribution in [0.5, 0.6) is 0 Å². The highest BCUT2D eigenvalue weighted by atomic mass is 15.3. The van der Waals surface area contributed by atoms with E-state index in [0.717, 1.165) is 31.0 Å². The Hall–Kier alpha value is -0.830. The van der Waals surface area contributed by atoms with E-state index in [0.29, 0.717) is 0 Å². The van der Waals surface area contributed by atoms with Crippen LogP contribution in [0.1, 0.15) is 57.0 Å². The van der Waals surface area contributed by atoms with Gasteiger partial charge in [-0.1, -0.05) is 20.8 Å². The molecule has 1 atom stereocenters. The van der Waals surface area contributed by atoms with Gasteiger partial charge in [0.05, 0.1) is 5.69 Å². The normalized spacial score (nSPS) is 13.3. The van der Waals surface area contributed by atoms with Gasteiger partial charge in [-0.2, -0.15) is 5.10 Å². The van der Waals surface area contributed by atoms with E-state index >= 15 is 0 Å². The fourth-order valence-corrected chi connectivity index (χ4v) is 2.30. The SMILES string of the molecule is CCC(N)Cc1c(C)nn(CCCC(C)C)c1C. The zero-order valence-electron chi connectivity index (χ0n) is 12.7. The summed E-state index contributed by atoms with van der Waals surface area (Å²) in [6.45, 7) is 12.0. The van der Waals surface area contributed by atoms with Crippen molar-refractivity contribution in [2.45, 2.75) is 72.9 Å². The highest BCUT2D eigenvalue weighted by Crippen LogP contribution is 2.17. The molecule has 0 fully saturated rings. The summed E-state index contributed by atoms with van der Waals surface area (Å²) in [6.07, 6.45) is 4.46. The standard InChI is InChI=1S/C15H29N3/c1-6-14(16)10-15-12(4)17-18(13(15)5)9-7-8-11(2)3/h11,14H,6-10,16H2,1-5H3. The molecule has 0 aliphatic rings. The van der Waals surface area contributed by atoms with Crippen molar-refractivity contribution in [1.29, 1.82) is 0 Å². The Labute approximate surface area is 112 Å². The molecule has 1 aromatic heterocycles. The van der Waals surface area contributed by atoms with Crippen molar-refractivity contribution in [1.82, 2.24) is 9.78 Å². The van der Waals surface area contributed by atoms with Crippen LogP contribution in [0.2, 0.25) is 0 Å². The van der Waals surface area contributed by atoms with E-state index < -0.39 is 0 Å². The molecule has 0 saturated heterocycles. The summed E-state index contributed by atoms with van der Waals surface area (Å²) in [5.74, 6) is 0.773. The molecule has 1 aromatic rings. The van der Waals surface area contributed by atoms with Gasteiger partial charge in [-0.3, -0.25) is 4.68 Å². The summed E-state index contributed by atoms with van der Waals surface area (Å²) in [4.78, 5) is 0. The first-order valence-corrected chi connectivity index (χ1v) is 7.24. The number of hydrogen-bond donors (Lipinski definition) is 1. The number of rotatable bonds is 7. The molecule has 0 aliphatic heterocycles. The molecule has 3 heteroatoms. The monoisotopic (exact) mass is 251 g/mol. The second-order valence-electron chi connectivity index (χ2n) is 5.78. The molecule has 18 heavy (non-hydrogen) atoms. The van der Waals surface area contributed by atoms with Crippen molar-refractivity contribution >= 4 is 0 Å². The van der Waals surface area contributed by atoms with Gasteiger partial charge in [0, 0.05) is 18.3 Å². The molecule has 1 unspecified atom stereocenters. The van der Waals surface area contributed by atoms with Gasteiger partial charge in [-0.25, -0.2) is 0 Å². The van der Waals surface area contributed by atoms with Crippen LogP contribution in [0.15, 0.2) is 0 Å². The average Bonchev–Trinajstić information content (AvgIpc) is 2.56. The van der Waals surface area contributed by atoms with E-state index in [1.165, 1.54) is 24.1 Å². The average molecular weight is 251 g/mol. The topological polar surface area (TPSA) is 43.8 Å². The fraction of sp³-hybridized carbons (Fsp3) is 0.800. The molecule has 0 spiro atoms. The Morgan fingerprint density at radius 2 is 1.94 bits per heavy atom. The summed E-state index contributed by atoms with van der Waals surface area (Å²) >= 11 is 0. The van der Waals surface area contributed by atoms with Crippen molar-refractivity contribution in [3.63, 3.8) is 0 Å². The number of nitrogens with two attached hydrogens (primary N) is 1. The minimum Gasteiger partial charge on any atom is -0.327 e. The third kappa shape index (κ3) is 4.13. The van der Waals surface area contributed by atoms with Crippen LogP contribution in [0.3, 0.4) is 0 Å². The van der Waals surface area contributed by atoms with Crippen molar-refractivity contribution in [3.8, 4) is 0 Å². The first-order valence-electron chi connectivity index (χ1n) is 7.24. The maximum atomic E-state index is 6.05. The lowest BCUT2D eigenvalue weighted by atomic mass is 10.0. The Morgan fingerprint density at radius 1 is 1.28 bits per heavy atom. The summed E-state index contributed by atoms with van der Waals surface area (Å²) in [5.41, 5.74) is 9.87. The second-order valence-corrected chi connectivity index (χ2v) is 5.78. The summed E-state index contributed by atoms with van der Waals surface area (Å²) in [5, 5.41) is 4.66. The lowest BCUT2D eigenvalue weighted by Gasteiger charge is -2.10. The predicted molar refractivity (Wildman–Crippen MR) is 77.7 cm³/mol. The third-order valence-corrected chi connectivity index (χ3v) is 3.67. The first-order chi connectivity index (χ1) is 8.45. The van der Waals surface area contributed by atoms with Gasteiger partial charge in [-0.05, 0) is 51.0 Å². The van der Waals surface area contributed by atoms with Crippen LogP contribution in [-0.4, -0.2) is 15.8 Å². The van der Waals surface area contributed by atoms with E-state index in [9.17, 15) is 0 Å². The zero-order valence-corrected chi connectivity index (χ0v) is 12.7. The van der Waals surface area contributed by atoms with Crippen molar-refractivity contribution in [2.75, 3.05) is 0 Å². The van der Waals surface area contributed by atoms with Crippen LogP contribution in [0.4, 0.5) is 0 Å². The van der Waals surface area contributed by atoms with Gasteiger partial charge in [0.25, 0.3) is 0 Å². The maximum Gasteiger partial charge on any atom is 0.0629 e. The zero-order chi connectivity index (χ0) is 13.7. The van der Waals surface area contributed by atoms with Crippen LogP contribution in [0, 0.1) is 19.8 Å². The highest BCUT2D eigenvalue weighted by Gasteiger charge is 2.13. The van der Waals surface area contributed by atoms with Crippen LogP contribution >= 0.6 is 0 Å². The Bertz CT molecular complexity index is 366. The van der Waals surface area contributed by atoms with Gasteiger partial charge in [0.2, 0.25) is 0 Å². The quantitative estimate of drug-likeness (QED) is 0.808. The van der Waals surface area contributed by atoms with Crippen molar-refractivity contribution in [3.05, 3.63) is 17.0 Å². The smallest absolute Gasteiger partial charge is 0.0629 e.